The molecule has 0 radical (unpaired) electrons. The third-order valence-electron chi connectivity index (χ3n) is 3.06. The Balaban J connectivity index is 3.04. The second-order valence-electron chi connectivity index (χ2n) is 4.19. The summed E-state index contributed by atoms with van der Waals surface area (Å²) in [5.41, 5.74) is 0. The van der Waals surface area contributed by atoms with Crippen molar-refractivity contribution in [2.24, 2.45) is 0 Å². The van der Waals surface area contributed by atoms with Crippen molar-refractivity contribution in [2.45, 2.75) is 37.9 Å². The molecule has 0 bridgehead atoms. The number of thioether (sulfide) groups is 1. The Morgan fingerprint density at radius 2 is 2.05 bits per heavy atom. The topological polar surface area (TPSA) is 38.2 Å². The lowest BCUT2D eigenvalue weighted by Gasteiger charge is -2.31. The van der Waals surface area contributed by atoms with Crippen LogP contribution in [0.25, 0.3) is 0 Å². The molecule has 0 aliphatic carbocycles. The number of anilines is 1. The van der Waals surface area contributed by atoms with Gasteiger partial charge in [-0.1, -0.05) is 37.2 Å². The molecule has 0 aliphatic heterocycles. The van der Waals surface area contributed by atoms with Gasteiger partial charge < -0.3 is 9.64 Å². The molecule has 0 atom stereocenters. The predicted molar refractivity (Wildman–Crippen MR) is 82.4 cm³/mol. The van der Waals surface area contributed by atoms with E-state index in [1.165, 1.54) is 11.8 Å². The van der Waals surface area contributed by atoms with Gasteiger partial charge in [0.15, 0.2) is 5.16 Å². The van der Waals surface area contributed by atoms with E-state index in [1.54, 1.807) is 7.11 Å². The minimum Gasteiger partial charge on any atom is -0.383 e. The number of halogens is 1. The van der Waals surface area contributed by atoms with Crippen LogP contribution in [0.2, 0.25) is 5.15 Å². The quantitative estimate of drug-likeness (QED) is 0.417. The van der Waals surface area contributed by atoms with E-state index in [9.17, 15) is 0 Å². The summed E-state index contributed by atoms with van der Waals surface area (Å²) in [6, 6.07) is 2.27. The number of nitrogens with zero attached hydrogens (tertiary/aromatic N) is 3. The SMILES string of the molecule is CCC(CC)N(CCOC)c1cc(Cl)nc(SC)n1. The van der Waals surface area contributed by atoms with Crippen molar-refractivity contribution in [3.05, 3.63) is 11.2 Å². The van der Waals surface area contributed by atoms with Gasteiger partial charge in [-0.3, -0.25) is 0 Å². The minimum atomic E-state index is 0.441. The van der Waals surface area contributed by atoms with Gasteiger partial charge in [0.2, 0.25) is 0 Å². The second kappa shape index (κ2) is 8.61. The normalized spacial score (nSPS) is 11.1. The highest BCUT2D eigenvalue weighted by Gasteiger charge is 2.18. The third-order valence-corrected chi connectivity index (χ3v) is 3.80. The summed E-state index contributed by atoms with van der Waals surface area (Å²) >= 11 is 7.58. The van der Waals surface area contributed by atoms with Crippen molar-refractivity contribution in [2.75, 3.05) is 31.4 Å². The van der Waals surface area contributed by atoms with Crippen molar-refractivity contribution in [1.29, 1.82) is 0 Å². The number of methoxy groups -OCH3 is 1. The first-order chi connectivity index (χ1) is 9.15. The molecule has 108 valence electrons. The van der Waals surface area contributed by atoms with E-state index in [0.717, 1.165) is 25.2 Å². The first-order valence-corrected chi connectivity index (χ1v) is 8.10. The van der Waals surface area contributed by atoms with Crippen LogP contribution in [-0.2, 0) is 4.74 Å². The van der Waals surface area contributed by atoms with Crippen LogP contribution >= 0.6 is 23.4 Å². The van der Waals surface area contributed by atoms with E-state index in [0.29, 0.717) is 23.0 Å². The zero-order valence-electron chi connectivity index (χ0n) is 12.0. The van der Waals surface area contributed by atoms with E-state index in [4.69, 9.17) is 16.3 Å². The molecule has 0 fully saturated rings. The fourth-order valence-electron chi connectivity index (χ4n) is 2.03. The number of hydrogen-bond donors (Lipinski definition) is 0. The lowest BCUT2D eigenvalue weighted by Crippen LogP contribution is -2.37. The molecule has 0 aliphatic rings. The summed E-state index contributed by atoms with van der Waals surface area (Å²) in [6.45, 7) is 5.86. The van der Waals surface area contributed by atoms with Crippen LogP contribution < -0.4 is 4.90 Å². The molecule has 19 heavy (non-hydrogen) atoms. The summed E-state index contributed by atoms with van der Waals surface area (Å²) in [5.74, 6) is 0.884. The smallest absolute Gasteiger partial charge is 0.190 e. The number of rotatable bonds is 8. The van der Waals surface area contributed by atoms with E-state index in [-0.39, 0.29) is 0 Å². The largest absolute Gasteiger partial charge is 0.383 e. The van der Waals surface area contributed by atoms with Crippen LogP contribution in [0.5, 0.6) is 0 Å². The first kappa shape index (κ1) is 16.5. The van der Waals surface area contributed by atoms with E-state index in [2.05, 4.69) is 28.7 Å². The summed E-state index contributed by atoms with van der Waals surface area (Å²) < 4.78 is 5.20. The minimum absolute atomic E-state index is 0.441. The second-order valence-corrected chi connectivity index (χ2v) is 5.35. The molecule has 0 N–H and O–H groups in total. The van der Waals surface area contributed by atoms with Crippen LogP contribution in [0.1, 0.15) is 26.7 Å². The van der Waals surface area contributed by atoms with E-state index in [1.807, 2.05) is 12.3 Å². The van der Waals surface area contributed by atoms with Gasteiger partial charge >= 0.3 is 0 Å². The lowest BCUT2D eigenvalue weighted by atomic mass is 10.1. The van der Waals surface area contributed by atoms with Gasteiger partial charge in [0.1, 0.15) is 11.0 Å². The highest BCUT2D eigenvalue weighted by molar-refractivity contribution is 7.98. The number of aromatic nitrogens is 2. The zero-order chi connectivity index (χ0) is 14.3. The zero-order valence-corrected chi connectivity index (χ0v) is 13.6. The van der Waals surface area contributed by atoms with Crippen molar-refractivity contribution in [1.82, 2.24) is 9.97 Å². The molecule has 0 spiro atoms. The molecule has 0 saturated carbocycles. The number of hydrogen-bond acceptors (Lipinski definition) is 5. The van der Waals surface area contributed by atoms with Crippen molar-refractivity contribution >= 4 is 29.2 Å². The fourth-order valence-corrected chi connectivity index (χ4v) is 2.63. The summed E-state index contributed by atoms with van der Waals surface area (Å²) in [4.78, 5) is 11.0. The summed E-state index contributed by atoms with van der Waals surface area (Å²) in [7, 11) is 1.71. The molecular weight excluding hydrogens is 282 g/mol. The van der Waals surface area contributed by atoms with Gasteiger partial charge in [0.05, 0.1) is 6.61 Å². The molecule has 0 unspecified atom stereocenters. The Bertz CT molecular complexity index is 388. The van der Waals surface area contributed by atoms with Gasteiger partial charge in [0.25, 0.3) is 0 Å². The lowest BCUT2D eigenvalue weighted by molar-refractivity contribution is 0.202. The highest BCUT2D eigenvalue weighted by atomic mass is 35.5. The van der Waals surface area contributed by atoms with Crippen LogP contribution in [0.4, 0.5) is 5.82 Å². The molecule has 4 nitrogen and oxygen atoms in total. The van der Waals surface area contributed by atoms with Crippen molar-refractivity contribution < 1.29 is 4.74 Å². The predicted octanol–water partition coefficient (Wildman–Crippen LogP) is 3.49. The average Bonchev–Trinajstić information content (AvgIpc) is 2.42. The molecule has 1 rings (SSSR count). The standard InChI is InChI=1S/C13H22ClN3OS/c1-5-10(6-2)17(7-8-18-3)12-9-11(14)15-13(16-12)19-4/h9-10H,5-8H2,1-4H3. The maximum atomic E-state index is 6.08. The van der Waals surface area contributed by atoms with Gasteiger partial charge in [-0.2, -0.15) is 0 Å². The summed E-state index contributed by atoms with van der Waals surface area (Å²) in [6.07, 6.45) is 4.08. The molecule has 0 saturated heterocycles. The monoisotopic (exact) mass is 303 g/mol. The van der Waals surface area contributed by atoms with Crippen LogP contribution in [-0.4, -0.2) is 42.5 Å². The first-order valence-electron chi connectivity index (χ1n) is 6.50. The molecule has 1 aromatic heterocycles. The maximum Gasteiger partial charge on any atom is 0.190 e. The Kier molecular flexibility index (Phi) is 7.49. The Hall–Kier alpha value is -0.520. The Labute approximate surface area is 124 Å². The van der Waals surface area contributed by atoms with Crippen LogP contribution in [0.15, 0.2) is 11.2 Å². The van der Waals surface area contributed by atoms with E-state index >= 15 is 0 Å². The molecule has 0 amide bonds. The molecular formula is C13H22ClN3OS. The third kappa shape index (κ3) is 4.82. The van der Waals surface area contributed by atoms with Crippen LogP contribution in [0, 0.1) is 0 Å². The summed E-state index contributed by atoms with van der Waals surface area (Å²) in [5, 5.41) is 1.19. The molecule has 0 aromatic carbocycles. The number of ether oxygens (including phenoxy) is 1. The molecule has 1 heterocycles. The highest BCUT2D eigenvalue weighted by Crippen LogP contribution is 2.23. The Morgan fingerprint density at radius 3 is 2.58 bits per heavy atom. The van der Waals surface area contributed by atoms with E-state index < -0.39 is 0 Å². The van der Waals surface area contributed by atoms with Crippen LogP contribution in [0.3, 0.4) is 0 Å². The average molecular weight is 304 g/mol. The Morgan fingerprint density at radius 1 is 1.37 bits per heavy atom. The molecule has 1 aromatic rings. The van der Waals surface area contributed by atoms with Gasteiger partial charge in [-0.05, 0) is 19.1 Å². The van der Waals surface area contributed by atoms with Crippen molar-refractivity contribution in [3.8, 4) is 0 Å². The maximum absolute atomic E-state index is 6.08. The fraction of sp³-hybridized carbons (Fsp3) is 0.692. The van der Waals surface area contributed by atoms with Gasteiger partial charge in [-0.15, -0.1) is 0 Å². The van der Waals surface area contributed by atoms with Gasteiger partial charge in [0, 0.05) is 25.8 Å². The molecule has 6 heteroatoms. The van der Waals surface area contributed by atoms with Crippen molar-refractivity contribution in [3.63, 3.8) is 0 Å². The van der Waals surface area contributed by atoms with Gasteiger partial charge in [-0.25, -0.2) is 9.97 Å².